The number of carbonyl (C=O) groups excluding carboxylic acids is 2. The third-order valence-corrected chi connectivity index (χ3v) is 5.47. The van der Waals surface area contributed by atoms with Crippen LogP contribution in [0.15, 0.2) is 65.5 Å². The second-order valence-corrected chi connectivity index (χ2v) is 7.58. The minimum atomic E-state index is -0.992. The van der Waals surface area contributed by atoms with Crippen LogP contribution in [0.25, 0.3) is 22.2 Å². The summed E-state index contributed by atoms with van der Waals surface area (Å²) in [5.74, 6) is -1.02. The lowest BCUT2D eigenvalue weighted by atomic mass is 10.0. The summed E-state index contributed by atoms with van der Waals surface area (Å²) in [5.41, 5.74) is 6.33. The minimum Gasteiger partial charge on any atom is -0.449 e. The number of rotatable bonds is 4. The summed E-state index contributed by atoms with van der Waals surface area (Å²) in [6.45, 7) is 1.52. The topological polar surface area (TPSA) is 104 Å². The van der Waals surface area contributed by atoms with Crippen LogP contribution in [0.2, 0.25) is 0 Å². The molecule has 154 valence electrons. The summed E-state index contributed by atoms with van der Waals surface area (Å²) in [4.78, 5) is 41.8. The summed E-state index contributed by atoms with van der Waals surface area (Å²) in [7, 11) is 0. The molecule has 1 heterocycles. The normalized spacial score (nSPS) is 12.8. The maximum absolute atomic E-state index is 12.7. The molecule has 7 nitrogen and oxygen atoms in total. The molecule has 1 unspecified atom stereocenters. The molecule has 1 atom stereocenters. The van der Waals surface area contributed by atoms with Crippen molar-refractivity contribution in [1.29, 1.82) is 0 Å². The van der Waals surface area contributed by atoms with Gasteiger partial charge in [-0.2, -0.15) is 0 Å². The molecule has 3 aromatic carbocycles. The summed E-state index contributed by atoms with van der Waals surface area (Å²) in [6, 6.07) is 18.6. The molecule has 0 aliphatic heterocycles. The Hall–Kier alpha value is -4.13. The molecule has 1 aromatic heterocycles. The number of carbonyl (C=O) groups is 2. The summed E-state index contributed by atoms with van der Waals surface area (Å²) < 4.78 is 5.39. The molecule has 1 aliphatic carbocycles. The van der Waals surface area contributed by atoms with Crippen molar-refractivity contribution >= 4 is 28.6 Å². The van der Waals surface area contributed by atoms with Crippen molar-refractivity contribution in [2.75, 3.05) is 5.32 Å². The number of nitrogens with one attached hydrogen (secondary N) is 3. The molecule has 1 aliphatic rings. The predicted octanol–water partition coefficient (Wildman–Crippen LogP) is 3.61. The molecule has 0 spiro atoms. The fraction of sp³-hybridized carbons (Fsp3) is 0.125. The van der Waals surface area contributed by atoms with Crippen molar-refractivity contribution in [3.05, 3.63) is 87.8 Å². The molecule has 1 amide bonds. The Morgan fingerprint density at radius 1 is 0.935 bits per heavy atom. The molecular formula is C24H19N3O4. The first kappa shape index (κ1) is 18.9. The summed E-state index contributed by atoms with van der Waals surface area (Å²) in [5, 5.41) is 2.70. The van der Waals surface area contributed by atoms with Crippen LogP contribution in [0, 0.1) is 0 Å². The molecule has 0 saturated heterocycles. The Balaban J connectivity index is 1.29. The third kappa shape index (κ3) is 3.50. The van der Waals surface area contributed by atoms with Gasteiger partial charge in [0.1, 0.15) is 0 Å². The van der Waals surface area contributed by atoms with Gasteiger partial charge in [0.25, 0.3) is 5.91 Å². The number of esters is 1. The molecule has 0 fully saturated rings. The molecule has 0 bridgehead atoms. The highest BCUT2D eigenvalue weighted by Crippen LogP contribution is 2.36. The predicted molar refractivity (Wildman–Crippen MR) is 117 cm³/mol. The quantitative estimate of drug-likeness (QED) is 0.392. The number of imidazole rings is 1. The molecule has 5 rings (SSSR count). The van der Waals surface area contributed by atoms with Crippen LogP contribution in [0.4, 0.5) is 5.69 Å². The van der Waals surface area contributed by atoms with Crippen molar-refractivity contribution in [2.45, 2.75) is 19.4 Å². The average molecular weight is 413 g/mol. The Morgan fingerprint density at radius 3 is 2.58 bits per heavy atom. The van der Waals surface area contributed by atoms with Gasteiger partial charge < -0.3 is 20.0 Å². The lowest BCUT2D eigenvalue weighted by Gasteiger charge is -2.14. The monoisotopic (exact) mass is 413 g/mol. The molecule has 7 heteroatoms. The number of anilines is 1. The molecule has 4 aromatic rings. The second-order valence-electron chi connectivity index (χ2n) is 7.58. The Bertz CT molecular complexity index is 1400. The first-order chi connectivity index (χ1) is 15.0. The van der Waals surface area contributed by atoms with E-state index in [0.717, 1.165) is 17.5 Å². The number of aromatic nitrogens is 2. The van der Waals surface area contributed by atoms with Crippen molar-refractivity contribution < 1.29 is 14.3 Å². The number of H-pyrrole nitrogens is 2. The molecule has 31 heavy (non-hydrogen) atoms. The van der Waals surface area contributed by atoms with E-state index in [2.05, 4.69) is 21.4 Å². The fourth-order valence-corrected chi connectivity index (χ4v) is 3.89. The molecule has 0 saturated carbocycles. The van der Waals surface area contributed by atoms with Gasteiger partial charge >= 0.3 is 11.7 Å². The van der Waals surface area contributed by atoms with Crippen molar-refractivity contribution in [3.63, 3.8) is 0 Å². The van der Waals surface area contributed by atoms with Crippen LogP contribution in [0.5, 0.6) is 0 Å². The fourth-order valence-electron chi connectivity index (χ4n) is 3.89. The Labute approximate surface area is 177 Å². The number of aromatic amines is 2. The van der Waals surface area contributed by atoms with Gasteiger partial charge in [-0.1, -0.05) is 30.3 Å². The highest BCUT2D eigenvalue weighted by atomic mass is 16.5. The maximum Gasteiger partial charge on any atom is 0.338 e. The highest BCUT2D eigenvalue weighted by Gasteiger charge is 2.23. The van der Waals surface area contributed by atoms with E-state index in [1.54, 1.807) is 24.3 Å². The number of fused-ring (bicyclic) bond motifs is 4. The second kappa shape index (κ2) is 7.28. The van der Waals surface area contributed by atoms with E-state index >= 15 is 0 Å². The number of hydrogen-bond donors (Lipinski definition) is 3. The van der Waals surface area contributed by atoms with E-state index in [4.69, 9.17) is 4.74 Å². The number of amides is 1. The minimum absolute atomic E-state index is 0.322. The Morgan fingerprint density at radius 2 is 1.71 bits per heavy atom. The van der Waals surface area contributed by atoms with Crippen LogP contribution in [-0.2, 0) is 16.0 Å². The third-order valence-electron chi connectivity index (χ3n) is 5.47. The van der Waals surface area contributed by atoms with Gasteiger partial charge in [0, 0.05) is 5.69 Å². The summed E-state index contributed by atoms with van der Waals surface area (Å²) >= 11 is 0. The van der Waals surface area contributed by atoms with Gasteiger partial charge in [0.2, 0.25) is 0 Å². The highest BCUT2D eigenvalue weighted by molar-refractivity contribution is 5.99. The van der Waals surface area contributed by atoms with E-state index in [9.17, 15) is 14.4 Å². The van der Waals surface area contributed by atoms with Crippen LogP contribution in [0.1, 0.15) is 28.4 Å². The van der Waals surface area contributed by atoms with Crippen molar-refractivity contribution in [3.8, 4) is 11.1 Å². The molecular weight excluding hydrogens is 394 g/mol. The van der Waals surface area contributed by atoms with E-state index in [-0.39, 0.29) is 5.69 Å². The van der Waals surface area contributed by atoms with E-state index in [0.29, 0.717) is 22.3 Å². The summed E-state index contributed by atoms with van der Waals surface area (Å²) in [6.07, 6.45) is -0.148. The van der Waals surface area contributed by atoms with Gasteiger partial charge in [-0.3, -0.25) is 4.79 Å². The molecule has 3 N–H and O–H groups in total. The first-order valence-electron chi connectivity index (χ1n) is 9.93. The molecule has 0 radical (unpaired) electrons. The van der Waals surface area contributed by atoms with E-state index in [1.165, 1.54) is 18.1 Å². The first-order valence-corrected chi connectivity index (χ1v) is 9.93. The zero-order valence-corrected chi connectivity index (χ0v) is 16.7. The maximum atomic E-state index is 12.7. The van der Waals surface area contributed by atoms with Crippen molar-refractivity contribution in [2.24, 2.45) is 0 Å². The van der Waals surface area contributed by atoms with E-state index < -0.39 is 18.0 Å². The lowest BCUT2D eigenvalue weighted by Crippen LogP contribution is -2.30. The number of hydrogen-bond acceptors (Lipinski definition) is 4. The van der Waals surface area contributed by atoms with Gasteiger partial charge in [-0.05, 0) is 65.9 Å². The van der Waals surface area contributed by atoms with Crippen LogP contribution < -0.4 is 11.0 Å². The lowest BCUT2D eigenvalue weighted by molar-refractivity contribution is -0.123. The Kier molecular flexibility index (Phi) is 4.43. The van der Waals surface area contributed by atoms with E-state index in [1.807, 2.05) is 30.3 Å². The zero-order chi connectivity index (χ0) is 21.5. The van der Waals surface area contributed by atoms with Crippen LogP contribution in [0.3, 0.4) is 0 Å². The standard InChI is InChI=1S/C24H19N3O4/c1-13(22(28)25-17-8-9-20-21(12-17)27-24(30)26-20)31-23(29)16-7-6-15-10-14-4-2-3-5-18(14)19(15)11-16/h2-9,11-13H,10H2,1H3,(H,25,28)(H2,26,27,30). The zero-order valence-electron chi connectivity index (χ0n) is 16.7. The SMILES string of the molecule is CC(OC(=O)c1ccc2c(c1)-c1ccccc1C2)C(=O)Nc1ccc2[nH]c(=O)[nH]c2c1. The number of ether oxygens (including phenoxy) is 1. The van der Waals surface area contributed by atoms with Gasteiger partial charge in [0.15, 0.2) is 6.10 Å². The average Bonchev–Trinajstić information content (AvgIpc) is 3.31. The number of benzene rings is 3. The smallest absolute Gasteiger partial charge is 0.338 e. The van der Waals surface area contributed by atoms with Gasteiger partial charge in [-0.25, -0.2) is 9.59 Å². The largest absolute Gasteiger partial charge is 0.449 e. The van der Waals surface area contributed by atoms with Gasteiger partial charge in [-0.15, -0.1) is 0 Å². The van der Waals surface area contributed by atoms with Crippen molar-refractivity contribution in [1.82, 2.24) is 9.97 Å². The van der Waals surface area contributed by atoms with Crippen LogP contribution >= 0.6 is 0 Å². The van der Waals surface area contributed by atoms with Gasteiger partial charge in [0.05, 0.1) is 16.6 Å². The van der Waals surface area contributed by atoms with Crippen LogP contribution in [-0.4, -0.2) is 27.9 Å².